The number of rotatable bonds is 3. The van der Waals surface area contributed by atoms with Crippen LogP contribution in [0.15, 0.2) is 24.3 Å². The van der Waals surface area contributed by atoms with Crippen LogP contribution < -0.4 is 5.32 Å². The minimum absolute atomic E-state index is 0.0504. The number of benzene rings is 1. The monoisotopic (exact) mass is 227 g/mol. The number of hydrogen-bond acceptors (Lipinski definition) is 2. The van der Waals surface area contributed by atoms with Crippen LogP contribution in [0.1, 0.15) is 12.5 Å². The molecule has 1 aromatic carbocycles. The average molecular weight is 228 g/mol. The van der Waals surface area contributed by atoms with Crippen molar-refractivity contribution in [2.45, 2.75) is 6.92 Å². The molecule has 0 saturated carbocycles. The van der Waals surface area contributed by atoms with Gasteiger partial charge >= 0.3 is 0 Å². The number of thiocarbonyl (C=S) groups is 1. The third-order valence-electron chi connectivity index (χ3n) is 1.58. The molecule has 74 valence electrons. The Labute approximate surface area is 93.3 Å². The molecule has 0 bridgehead atoms. The van der Waals surface area contributed by atoms with Crippen molar-refractivity contribution in [2.75, 3.05) is 6.54 Å². The van der Waals surface area contributed by atoms with Crippen molar-refractivity contribution >= 4 is 34.6 Å². The van der Waals surface area contributed by atoms with Crippen LogP contribution in [0.2, 0.25) is 5.02 Å². The van der Waals surface area contributed by atoms with Gasteiger partial charge in [0.15, 0.2) is 0 Å². The molecule has 0 aliphatic rings. The van der Waals surface area contributed by atoms with Crippen molar-refractivity contribution in [3.8, 4) is 0 Å². The molecule has 0 amide bonds. The molecule has 0 aliphatic carbocycles. The van der Waals surface area contributed by atoms with Gasteiger partial charge in [-0.05, 0) is 19.1 Å². The third-order valence-corrected chi connectivity index (χ3v) is 2.20. The Morgan fingerprint density at radius 3 is 2.86 bits per heavy atom. The van der Waals surface area contributed by atoms with E-state index in [1.807, 2.05) is 12.1 Å². The predicted octanol–water partition coefficient (Wildman–Crippen LogP) is 2.19. The number of ketones is 1. The Morgan fingerprint density at radius 2 is 2.29 bits per heavy atom. The molecule has 1 aromatic rings. The van der Waals surface area contributed by atoms with Gasteiger partial charge in [-0.3, -0.25) is 4.79 Å². The lowest BCUT2D eigenvalue weighted by atomic mass is 10.2. The van der Waals surface area contributed by atoms with E-state index in [0.29, 0.717) is 10.0 Å². The second-order valence-electron chi connectivity index (χ2n) is 2.90. The lowest BCUT2D eigenvalue weighted by molar-refractivity contribution is -0.115. The second kappa shape index (κ2) is 5.08. The SMILES string of the molecule is CC(=O)CNC(=S)c1cccc(Cl)c1. The van der Waals surface area contributed by atoms with E-state index in [0.717, 1.165) is 5.56 Å². The van der Waals surface area contributed by atoms with Crippen LogP contribution in [0, 0.1) is 0 Å². The summed E-state index contributed by atoms with van der Waals surface area (Å²) in [6.07, 6.45) is 0. The van der Waals surface area contributed by atoms with Crippen LogP contribution in [0.25, 0.3) is 0 Å². The zero-order chi connectivity index (χ0) is 10.6. The minimum atomic E-state index is 0.0504. The van der Waals surface area contributed by atoms with E-state index in [-0.39, 0.29) is 12.3 Å². The highest BCUT2D eigenvalue weighted by Crippen LogP contribution is 2.10. The summed E-state index contributed by atoms with van der Waals surface area (Å²) in [6.45, 7) is 1.76. The van der Waals surface area contributed by atoms with Crippen LogP contribution in [-0.2, 0) is 4.79 Å². The van der Waals surface area contributed by atoms with Gasteiger partial charge in [-0.15, -0.1) is 0 Å². The molecule has 0 radical (unpaired) electrons. The van der Waals surface area contributed by atoms with E-state index in [1.165, 1.54) is 6.92 Å². The van der Waals surface area contributed by atoms with E-state index in [1.54, 1.807) is 12.1 Å². The molecule has 4 heteroatoms. The van der Waals surface area contributed by atoms with Crippen molar-refractivity contribution in [1.82, 2.24) is 5.32 Å². The summed E-state index contributed by atoms with van der Waals surface area (Å²) in [7, 11) is 0. The van der Waals surface area contributed by atoms with Crippen molar-refractivity contribution < 1.29 is 4.79 Å². The van der Waals surface area contributed by atoms with E-state index in [4.69, 9.17) is 23.8 Å². The maximum absolute atomic E-state index is 10.7. The fourth-order valence-corrected chi connectivity index (χ4v) is 1.33. The number of halogens is 1. The topological polar surface area (TPSA) is 29.1 Å². The molecule has 1 N–H and O–H groups in total. The van der Waals surface area contributed by atoms with Crippen molar-refractivity contribution in [3.63, 3.8) is 0 Å². The van der Waals surface area contributed by atoms with Crippen LogP contribution in [0.4, 0.5) is 0 Å². The molecule has 0 atom stereocenters. The maximum Gasteiger partial charge on any atom is 0.148 e. The summed E-state index contributed by atoms with van der Waals surface area (Å²) in [5.41, 5.74) is 0.828. The van der Waals surface area contributed by atoms with E-state index in [2.05, 4.69) is 5.32 Å². The number of hydrogen-bond donors (Lipinski definition) is 1. The van der Waals surface area contributed by atoms with Crippen molar-refractivity contribution in [1.29, 1.82) is 0 Å². The minimum Gasteiger partial charge on any atom is -0.369 e. The highest BCUT2D eigenvalue weighted by Gasteiger charge is 2.01. The Bertz CT molecular complexity index is 365. The van der Waals surface area contributed by atoms with Crippen molar-refractivity contribution in [3.05, 3.63) is 34.9 Å². The van der Waals surface area contributed by atoms with Gasteiger partial charge < -0.3 is 5.32 Å². The Morgan fingerprint density at radius 1 is 1.57 bits per heavy atom. The van der Waals surface area contributed by atoms with E-state index in [9.17, 15) is 4.79 Å². The first-order valence-corrected chi connectivity index (χ1v) is 4.91. The molecule has 1 rings (SSSR count). The molecule has 0 unspecified atom stereocenters. The third kappa shape index (κ3) is 3.44. The Hall–Kier alpha value is -0.930. The molecular formula is C10H10ClNOS. The van der Waals surface area contributed by atoms with Gasteiger partial charge in [0.2, 0.25) is 0 Å². The van der Waals surface area contributed by atoms with Gasteiger partial charge in [0.25, 0.3) is 0 Å². The molecular weight excluding hydrogens is 218 g/mol. The summed E-state index contributed by atoms with van der Waals surface area (Å²) in [5, 5.41) is 3.48. The summed E-state index contributed by atoms with van der Waals surface area (Å²) >= 11 is 10.9. The van der Waals surface area contributed by atoms with Crippen molar-refractivity contribution in [2.24, 2.45) is 0 Å². The molecule has 0 heterocycles. The van der Waals surface area contributed by atoms with Gasteiger partial charge in [-0.1, -0.05) is 36.0 Å². The number of Topliss-reactive ketones (excluding diaryl/α,β-unsaturated/α-hetero) is 1. The number of carbonyl (C=O) groups excluding carboxylic acids is 1. The van der Waals surface area contributed by atoms with Crippen LogP contribution in [-0.4, -0.2) is 17.3 Å². The summed E-state index contributed by atoms with van der Waals surface area (Å²) in [4.78, 5) is 11.2. The molecule has 2 nitrogen and oxygen atoms in total. The molecule has 0 spiro atoms. The molecule has 0 aromatic heterocycles. The second-order valence-corrected chi connectivity index (χ2v) is 3.74. The van der Waals surface area contributed by atoms with E-state index >= 15 is 0 Å². The van der Waals surface area contributed by atoms with Gasteiger partial charge in [0.1, 0.15) is 10.8 Å². The fraction of sp³-hybridized carbons (Fsp3) is 0.200. The summed E-state index contributed by atoms with van der Waals surface area (Å²) in [6, 6.07) is 7.20. The first-order chi connectivity index (χ1) is 6.59. The Kier molecular flexibility index (Phi) is 4.04. The van der Waals surface area contributed by atoms with Crippen LogP contribution >= 0.6 is 23.8 Å². The van der Waals surface area contributed by atoms with E-state index < -0.39 is 0 Å². The first kappa shape index (κ1) is 11.1. The Balaban J connectivity index is 2.65. The lowest BCUT2D eigenvalue weighted by Gasteiger charge is -2.05. The highest BCUT2D eigenvalue weighted by atomic mass is 35.5. The van der Waals surface area contributed by atoms with Gasteiger partial charge in [-0.25, -0.2) is 0 Å². The van der Waals surface area contributed by atoms with Gasteiger partial charge in [0, 0.05) is 10.6 Å². The normalized spacial score (nSPS) is 9.57. The zero-order valence-corrected chi connectivity index (χ0v) is 9.28. The first-order valence-electron chi connectivity index (χ1n) is 4.13. The standard InChI is InChI=1S/C10H10ClNOS/c1-7(13)6-12-10(14)8-3-2-4-9(11)5-8/h2-5H,6H2,1H3,(H,12,14). The summed E-state index contributed by atoms with van der Waals surface area (Å²) in [5.74, 6) is 0.0504. The van der Waals surface area contributed by atoms with Crippen LogP contribution in [0.5, 0.6) is 0 Å². The van der Waals surface area contributed by atoms with Gasteiger partial charge in [0.05, 0.1) is 6.54 Å². The van der Waals surface area contributed by atoms with Gasteiger partial charge in [-0.2, -0.15) is 0 Å². The van der Waals surface area contributed by atoms with Crippen LogP contribution in [0.3, 0.4) is 0 Å². The smallest absolute Gasteiger partial charge is 0.148 e. The average Bonchev–Trinajstić information content (AvgIpc) is 2.14. The maximum atomic E-state index is 10.7. The molecule has 0 fully saturated rings. The number of carbonyl (C=O) groups is 1. The molecule has 0 saturated heterocycles. The quantitative estimate of drug-likeness (QED) is 0.803. The fourth-order valence-electron chi connectivity index (χ4n) is 0.937. The largest absolute Gasteiger partial charge is 0.369 e. The highest BCUT2D eigenvalue weighted by molar-refractivity contribution is 7.80. The molecule has 0 aliphatic heterocycles. The zero-order valence-electron chi connectivity index (χ0n) is 7.71. The predicted molar refractivity (Wildman–Crippen MR) is 61.8 cm³/mol. The lowest BCUT2D eigenvalue weighted by Crippen LogP contribution is -2.27. The summed E-state index contributed by atoms with van der Waals surface area (Å²) < 4.78 is 0. The molecule has 14 heavy (non-hydrogen) atoms. The number of nitrogens with one attached hydrogen (secondary N) is 1.